The predicted molar refractivity (Wildman–Crippen MR) is 98.7 cm³/mol. The number of carbonyl (C=O) groups excluding carboxylic acids is 1. The third-order valence-electron chi connectivity index (χ3n) is 4.60. The van der Waals surface area contributed by atoms with Crippen LogP contribution in [0.5, 0.6) is 0 Å². The van der Waals surface area contributed by atoms with E-state index < -0.39 is 10.0 Å². The SMILES string of the molecule is CC(=O)c1cccc(S(=O)(=O)N2CCN(Cc3ncc(Cl)n3C)CC2)c1. The summed E-state index contributed by atoms with van der Waals surface area (Å²) in [6, 6.07) is 6.20. The number of hydrogen-bond acceptors (Lipinski definition) is 5. The summed E-state index contributed by atoms with van der Waals surface area (Å²) < 4.78 is 29.0. The third kappa shape index (κ3) is 3.83. The number of piperazine rings is 1. The highest BCUT2D eigenvalue weighted by atomic mass is 35.5. The Morgan fingerprint density at radius 2 is 1.92 bits per heavy atom. The highest BCUT2D eigenvalue weighted by Gasteiger charge is 2.29. The number of halogens is 1. The van der Waals surface area contributed by atoms with Gasteiger partial charge in [0.2, 0.25) is 10.0 Å². The maximum atomic E-state index is 12.8. The van der Waals surface area contributed by atoms with E-state index in [9.17, 15) is 13.2 Å². The van der Waals surface area contributed by atoms with Crippen molar-refractivity contribution in [1.29, 1.82) is 0 Å². The molecule has 9 heteroatoms. The molecular weight excluding hydrogens is 376 g/mol. The lowest BCUT2D eigenvalue weighted by molar-refractivity contribution is 0.101. The molecule has 1 fully saturated rings. The summed E-state index contributed by atoms with van der Waals surface area (Å²) in [5.41, 5.74) is 0.399. The Morgan fingerprint density at radius 3 is 2.50 bits per heavy atom. The molecule has 0 saturated carbocycles. The lowest BCUT2D eigenvalue weighted by Crippen LogP contribution is -2.48. The van der Waals surface area contributed by atoms with Crippen LogP contribution in [-0.2, 0) is 23.6 Å². The lowest BCUT2D eigenvalue weighted by Gasteiger charge is -2.33. The Balaban J connectivity index is 1.68. The van der Waals surface area contributed by atoms with Gasteiger partial charge < -0.3 is 4.57 Å². The highest BCUT2D eigenvalue weighted by molar-refractivity contribution is 7.89. The molecule has 0 bridgehead atoms. The van der Waals surface area contributed by atoms with Crippen LogP contribution in [0, 0.1) is 0 Å². The van der Waals surface area contributed by atoms with Crippen LogP contribution in [-0.4, -0.2) is 59.1 Å². The van der Waals surface area contributed by atoms with Crippen molar-refractivity contribution in [2.45, 2.75) is 18.4 Å². The van der Waals surface area contributed by atoms with E-state index in [1.165, 1.54) is 23.4 Å². The Bertz CT molecular complexity index is 918. The largest absolute Gasteiger partial charge is 0.321 e. The summed E-state index contributed by atoms with van der Waals surface area (Å²) in [6.45, 7) is 4.05. The summed E-state index contributed by atoms with van der Waals surface area (Å²) >= 11 is 6.00. The van der Waals surface area contributed by atoms with Crippen LogP contribution in [0.2, 0.25) is 5.15 Å². The van der Waals surface area contributed by atoms with Crippen molar-refractivity contribution in [3.63, 3.8) is 0 Å². The first-order chi connectivity index (χ1) is 12.3. The second kappa shape index (κ2) is 7.48. The lowest BCUT2D eigenvalue weighted by atomic mass is 10.2. The molecular formula is C17H21ClN4O3S. The van der Waals surface area contributed by atoms with Gasteiger partial charge in [0.05, 0.1) is 17.6 Å². The third-order valence-corrected chi connectivity index (χ3v) is 6.85. The van der Waals surface area contributed by atoms with Crippen LogP contribution >= 0.6 is 11.6 Å². The first-order valence-corrected chi connectivity index (χ1v) is 10.1. The number of nitrogens with zero attached hydrogens (tertiary/aromatic N) is 4. The number of sulfonamides is 1. The average Bonchev–Trinajstić information content (AvgIpc) is 2.94. The number of benzene rings is 1. The standard InChI is InChI=1S/C17H21ClN4O3S/c1-13(23)14-4-3-5-15(10-14)26(24,25)22-8-6-21(7-9-22)12-17-19-11-16(18)20(17)2/h3-5,10-11H,6-9,12H2,1-2H3. The van der Waals surface area contributed by atoms with Gasteiger partial charge in [-0.05, 0) is 19.1 Å². The van der Waals surface area contributed by atoms with Gasteiger partial charge in [-0.25, -0.2) is 13.4 Å². The Morgan fingerprint density at radius 1 is 1.23 bits per heavy atom. The molecule has 0 unspecified atom stereocenters. The van der Waals surface area contributed by atoms with E-state index in [-0.39, 0.29) is 10.7 Å². The summed E-state index contributed by atoms with van der Waals surface area (Å²) in [4.78, 5) is 18.1. The summed E-state index contributed by atoms with van der Waals surface area (Å²) in [7, 11) is -1.75. The summed E-state index contributed by atoms with van der Waals surface area (Å²) in [5.74, 6) is 0.695. The fraction of sp³-hybridized carbons (Fsp3) is 0.412. The van der Waals surface area contributed by atoms with Crippen molar-refractivity contribution in [2.75, 3.05) is 26.2 Å². The molecule has 7 nitrogen and oxygen atoms in total. The van der Waals surface area contributed by atoms with E-state index in [0.29, 0.717) is 43.4 Å². The number of Topliss-reactive ketones (excluding diaryl/α,β-unsaturated/α-hetero) is 1. The maximum Gasteiger partial charge on any atom is 0.243 e. The quantitative estimate of drug-likeness (QED) is 0.720. The van der Waals surface area contributed by atoms with E-state index >= 15 is 0 Å². The van der Waals surface area contributed by atoms with E-state index in [0.717, 1.165) is 5.82 Å². The molecule has 26 heavy (non-hydrogen) atoms. The average molecular weight is 397 g/mol. The second-order valence-corrected chi connectivity index (χ2v) is 8.65. The minimum atomic E-state index is -3.61. The van der Waals surface area contributed by atoms with Crippen LogP contribution < -0.4 is 0 Å². The van der Waals surface area contributed by atoms with Crippen LogP contribution in [0.1, 0.15) is 23.1 Å². The molecule has 1 aromatic carbocycles. The van der Waals surface area contributed by atoms with Crippen molar-refractivity contribution in [2.24, 2.45) is 7.05 Å². The van der Waals surface area contributed by atoms with Crippen molar-refractivity contribution in [1.82, 2.24) is 18.8 Å². The molecule has 1 saturated heterocycles. The van der Waals surface area contributed by atoms with Crippen molar-refractivity contribution < 1.29 is 13.2 Å². The molecule has 1 aliphatic heterocycles. The van der Waals surface area contributed by atoms with Gasteiger partial charge in [0, 0.05) is 38.8 Å². The van der Waals surface area contributed by atoms with E-state index in [1.807, 2.05) is 11.6 Å². The molecule has 0 atom stereocenters. The zero-order valence-corrected chi connectivity index (χ0v) is 16.3. The van der Waals surface area contributed by atoms with Gasteiger partial charge in [0.1, 0.15) is 11.0 Å². The Hall–Kier alpha value is -1.74. The number of hydrogen-bond donors (Lipinski definition) is 0. The van der Waals surface area contributed by atoms with Crippen LogP contribution in [0.3, 0.4) is 0 Å². The molecule has 0 N–H and O–H groups in total. The van der Waals surface area contributed by atoms with E-state index in [4.69, 9.17) is 11.6 Å². The molecule has 2 aromatic rings. The normalized spacial score (nSPS) is 16.7. The number of carbonyl (C=O) groups is 1. The van der Waals surface area contributed by atoms with E-state index in [2.05, 4.69) is 9.88 Å². The van der Waals surface area contributed by atoms with Crippen molar-refractivity contribution >= 4 is 27.4 Å². The molecule has 0 aliphatic carbocycles. The monoisotopic (exact) mass is 396 g/mol. The van der Waals surface area contributed by atoms with Crippen molar-refractivity contribution in [3.8, 4) is 0 Å². The number of ketones is 1. The molecule has 1 aromatic heterocycles. The predicted octanol–water partition coefficient (Wildman–Crippen LogP) is 1.78. The van der Waals surface area contributed by atoms with Gasteiger partial charge in [0.25, 0.3) is 0 Å². The highest BCUT2D eigenvalue weighted by Crippen LogP contribution is 2.20. The number of rotatable bonds is 5. The molecule has 140 valence electrons. The smallest absolute Gasteiger partial charge is 0.243 e. The van der Waals surface area contributed by atoms with E-state index in [1.54, 1.807) is 18.3 Å². The van der Waals surface area contributed by atoms with Gasteiger partial charge in [-0.1, -0.05) is 23.7 Å². The minimum absolute atomic E-state index is 0.152. The van der Waals surface area contributed by atoms with Gasteiger partial charge in [-0.2, -0.15) is 4.31 Å². The topological polar surface area (TPSA) is 75.5 Å². The number of imidazole rings is 1. The first kappa shape index (κ1) is 19.0. The Kier molecular flexibility index (Phi) is 5.47. The summed E-state index contributed by atoms with van der Waals surface area (Å²) in [5, 5.41) is 0.576. The molecule has 0 radical (unpaired) electrons. The molecule has 0 spiro atoms. The first-order valence-electron chi connectivity index (χ1n) is 8.28. The van der Waals surface area contributed by atoms with Crippen LogP contribution in [0.4, 0.5) is 0 Å². The van der Waals surface area contributed by atoms with Crippen LogP contribution in [0.15, 0.2) is 35.4 Å². The second-order valence-electron chi connectivity index (χ2n) is 6.32. The molecule has 1 aliphatic rings. The zero-order chi connectivity index (χ0) is 18.9. The van der Waals surface area contributed by atoms with Gasteiger partial charge in [-0.15, -0.1) is 0 Å². The fourth-order valence-corrected chi connectivity index (χ4v) is 4.54. The fourth-order valence-electron chi connectivity index (χ4n) is 2.92. The van der Waals surface area contributed by atoms with Crippen molar-refractivity contribution in [3.05, 3.63) is 47.0 Å². The Labute approximate surface area is 158 Å². The molecule has 3 rings (SSSR count). The minimum Gasteiger partial charge on any atom is -0.321 e. The van der Waals surface area contributed by atoms with Gasteiger partial charge >= 0.3 is 0 Å². The number of aromatic nitrogens is 2. The zero-order valence-electron chi connectivity index (χ0n) is 14.7. The molecule has 0 amide bonds. The molecule has 2 heterocycles. The van der Waals surface area contributed by atoms with Crippen LogP contribution in [0.25, 0.3) is 0 Å². The van der Waals surface area contributed by atoms with Gasteiger partial charge in [-0.3, -0.25) is 9.69 Å². The summed E-state index contributed by atoms with van der Waals surface area (Å²) in [6.07, 6.45) is 1.61. The maximum absolute atomic E-state index is 12.8. The van der Waals surface area contributed by atoms with Gasteiger partial charge in [0.15, 0.2) is 5.78 Å².